The molecule has 1 N–H and O–H groups in total. The molecule has 0 aliphatic carbocycles. The van der Waals surface area contributed by atoms with Gasteiger partial charge in [0.05, 0.1) is 36.5 Å². The third kappa shape index (κ3) is 3.20. The summed E-state index contributed by atoms with van der Waals surface area (Å²) in [5, 5.41) is 3.14. The molecule has 1 aromatic heterocycles. The van der Waals surface area contributed by atoms with Crippen LogP contribution in [-0.2, 0) is 23.1 Å². The Morgan fingerprint density at radius 3 is 2.65 bits per heavy atom. The van der Waals surface area contributed by atoms with Crippen LogP contribution in [-0.4, -0.2) is 35.4 Å². The number of methoxy groups -OCH3 is 1. The van der Waals surface area contributed by atoms with Gasteiger partial charge < -0.3 is 19.5 Å². The predicted octanol–water partition coefficient (Wildman–Crippen LogP) is 1.73. The van der Waals surface area contributed by atoms with E-state index in [1.807, 2.05) is 13.8 Å². The SMILES string of the molecule is CCCn1c2c(c(=O)n(C)c1=O)[C@@H](c1ccc(OCC)c(OC)c1)C1=C(COC1=O)N2. The summed E-state index contributed by atoms with van der Waals surface area (Å²) in [6.45, 7) is 4.79. The highest BCUT2D eigenvalue weighted by molar-refractivity contribution is 5.96. The second kappa shape index (κ2) is 7.98. The van der Waals surface area contributed by atoms with Crippen molar-refractivity contribution in [2.24, 2.45) is 7.05 Å². The lowest BCUT2D eigenvalue weighted by Crippen LogP contribution is -2.44. The van der Waals surface area contributed by atoms with Gasteiger partial charge in [-0.1, -0.05) is 13.0 Å². The highest BCUT2D eigenvalue weighted by atomic mass is 16.5. The normalized spacial score (nSPS) is 17.0. The number of fused-ring (bicyclic) bond motifs is 1. The summed E-state index contributed by atoms with van der Waals surface area (Å²) < 4.78 is 19.0. The van der Waals surface area contributed by atoms with Crippen molar-refractivity contribution in [3.63, 3.8) is 0 Å². The Morgan fingerprint density at radius 2 is 1.97 bits per heavy atom. The zero-order valence-corrected chi connectivity index (χ0v) is 18.0. The van der Waals surface area contributed by atoms with Gasteiger partial charge in [0.1, 0.15) is 12.4 Å². The van der Waals surface area contributed by atoms with E-state index in [-0.39, 0.29) is 6.61 Å². The van der Waals surface area contributed by atoms with E-state index in [2.05, 4.69) is 5.32 Å². The minimum absolute atomic E-state index is 0.0633. The molecule has 3 heterocycles. The summed E-state index contributed by atoms with van der Waals surface area (Å²) in [6, 6.07) is 5.32. The lowest BCUT2D eigenvalue weighted by molar-refractivity contribution is -0.136. The van der Waals surface area contributed by atoms with Gasteiger partial charge in [-0.2, -0.15) is 0 Å². The van der Waals surface area contributed by atoms with E-state index in [0.29, 0.717) is 59.3 Å². The first-order chi connectivity index (χ1) is 14.9. The van der Waals surface area contributed by atoms with Crippen LogP contribution in [0.25, 0.3) is 0 Å². The maximum absolute atomic E-state index is 13.3. The molecule has 4 rings (SSSR count). The molecule has 2 aliphatic heterocycles. The van der Waals surface area contributed by atoms with E-state index in [0.717, 1.165) is 4.57 Å². The van der Waals surface area contributed by atoms with Gasteiger partial charge in [-0.05, 0) is 31.0 Å². The van der Waals surface area contributed by atoms with Crippen molar-refractivity contribution in [3.05, 3.63) is 61.4 Å². The summed E-state index contributed by atoms with van der Waals surface area (Å²) >= 11 is 0. The van der Waals surface area contributed by atoms with Gasteiger partial charge in [-0.3, -0.25) is 13.9 Å². The molecule has 0 radical (unpaired) electrons. The molecule has 31 heavy (non-hydrogen) atoms. The Balaban J connectivity index is 2.01. The lowest BCUT2D eigenvalue weighted by Gasteiger charge is -2.29. The first-order valence-electron chi connectivity index (χ1n) is 10.2. The van der Waals surface area contributed by atoms with Gasteiger partial charge in [0.15, 0.2) is 11.5 Å². The number of anilines is 1. The molecule has 0 saturated carbocycles. The van der Waals surface area contributed by atoms with E-state index < -0.39 is 23.1 Å². The standard InChI is InChI=1S/C22H25N3O6/c1-5-9-25-19-18(20(26)24(3)22(25)28)16(17-13(23-19)11-31-21(17)27)12-7-8-14(30-6-2)15(10-12)29-4/h7-8,10,16,23H,5-6,9,11H2,1-4H3/t16-/m0/s1. The van der Waals surface area contributed by atoms with Crippen molar-refractivity contribution in [2.75, 3.05) is 25.6 Å². The Kier molecular flexibility index (Phi) is 5.34. The van der Waals surface area contributed by atoms with Crippen LogP contribution >= 0.6 is 0 Å². The molecule has 0 bridgehead atoms. The topological polar surface area (TPSA) is 101 Å². The number of hydrogen-bond acceptors (Lipinski definition) is 7. The Labute approximate surface area is 178 Å². The van der Waals surface area contributed by atoms with Crippen LogP contribution in [0.4, 0.5) is 5.82 Å². The molecule has 2 aromatic rings. The Morgan fingerprint density at radius 1 is 1.19 bits per heavy atom. The Bertz CT molecular complexity index is 1210. The maximum atomic E-state index is 13.3. The molecule has 0 saturated heterocycles. The molecule has 0 spiro atoms. The fraction of sp³-hybridized carbons (Fsp3) is 0.409. The van der Waals surface area contributed by atoms with Crippen LogP contribution in [0.5, 0.6) is 11.5 Å². The smallest absolute Gasteiger partial charge is 0.337 e. The minimum Gasteiger partial charge on any atom is -0.493 e. The monoisotopic (exact) mass is 427 g/mol. The molecule has 1 aromatic carbocycles. The van der Waals surface area contributed by atoms with E-state index in [1.165, 1.54) is 14.2 Å². The maximum Gasteiger partial charge on any atom is 0.337 e. The van der Waals surface area contributed by atoms with Crippen LogP contribution in [0, 0.1) is 0 Å². The van der Waals surface area contributed by atoms with Gasteiger partial charge in [-0.25, -0.2) is 9.59 Å². The first-order valence-corrected chi connectivity index (χ1v) is 10.2. The second-order valence-electron chi connectivity index (χ2n) is 7.43. The van der Waals surface area contributed by atoms with Gasteiger partial charge in [0, 0.05) is 13.6 Å². The zero-order valence-electron chi connectivity index (χ0n) is 18.0. The number of hydrogen-bond donors (Lipinski definition) is 1. The molecule has 1 atom stereocenters. The number of ether oxygens (including phenoxy) is 3. The zero-order chi connectivity index (χ0) is 22.3. The number of nitrogens with zero attached hydrogens (tertiary/aromatic N) is 2. The number of cyclic esters (lactones) is 1. The number of benzene rings is 1. The number of esters is 1. The average Bonchev–Trinajstić information content (AvgIpc) is 3.14. The minimum atomic E-state index is -0.701. The quantitative estimate of drug-likeness (QED) is 0.701. The third-order valence-electron chi connectivity index (χ3n) is 5.59. The molecule has 0 amide bonds. The highest BCUT2D eigenvalue weighted by Crippen LogP contribution is 2.44. The predicted molar refractivity (Wildman–Crippen MR) is 114 cm³/mol. The molecule has 0 fully saturated rings. The van der Waals surface area contributed by atoms with Crippen molar-refractivity contribution in [1.29, 1.82) is 0 Å². The van der Waals surface area contributed by atoms with E-state index in [9.17, 15) is 14.4 Å². The van der Waals surface area contributed by atoms with Crippen molar-refractivity contribution in [2.45, 2.75) is 32.7 Å². The van der Waals surface area contributed by atoms with Crippen molar-refractivity contribution in [3.8, 4) is 11.5 Å². The first kappa shape index (κ1) is 20.8. The van der Waals surface area contributed by atoms with Crippen molar-refractivity contribution < 1.29 is 19.0 Å². The average molecular weight is 427 g/mol. The van der Waals surface area contributed by atoms with Crippen LogP contribution in [0.15, 0.2) is 39.1 Å². The van der Waals surface area contributed by atoms with Crippen molar-refractivity contribution in [1.82, 2.24) is 9.13 Å². The number of nitrogens with one attached hydrogen (secondary N) is 1. The summed E-state index contributed by atoms with van der Waals surface area (Å²) in [6.07, 6.45) is 0.703. The van der Waals surface area contributed by atoms with Gasteiger partial charge in [0.25, 0.3) is 5.56 Å². The number of carbonyl (C=O) groups excluding carboxylic acids is 1. The fourth-order valence-corrected chi connectivity index (χ4v) is 4.19. The number of carbonyl (C=O) groups is 1. The fourth-order valence-electron chi connectivity index (χ4n) is 4.19. The number of aromatic nitrogens is 2. The Hall–Kier alpha value is -3.49. The third-order valence-corrected chi connectivity index (χ3v) is 5.59. The second-order valence-corrected chi connectivity index (χ2v) is 7.43. The van der Waals surface area contributed by atoms with E-state index >= 15 is 0 Å². The summed E-state index contributed by atoms with van der Waals surface area (Å²) in [4.78, 5) is 38.7. The van der Waals surface area contributed by atoms with Gasteiger partial charge >= 0.3 is 11.7 Å². The van der Waals surface area contributed by atoms with Crippen LogP contribution in [0.3, 0.4) is 0 Å². The van der Waals surface area contributed by atoms with Crippen molar-refractivity contribution >= 4 is 11.8 Å². The van der Waals surface area contributed by atoms with E-state index in [1.54, 1.807) is 22.8 Å². The highest BCUT2D eigenvalue weighted by Gasteiger charge is 2.42. The van der Waals surface area contributed by atoms with Gasteiger partial charge in [0.2, 0.25) is 0 Å². The van der Waals surface area contributed by atoms with Crippen LogP contribution in [0.1, 0.15) is 37.3 Å². The molecule has 0 unspecified atom stereocenters. The summed E-state index contributed by atoms with van der Waals surface area (Å²) in [5.41, 5.74) is 1.08. The van der Waals surface area contributed by atoms with E-state index in [4.69, 9.17) is 14.2 Å². The van der Waals surface area contributed by atoms with Crippen LogP contribution in [0.2, 0.25) is 0 Å². The van der Waals surface area contributed by atoms with Gasteiger partial charge in [-0.15, -0.1) is 0 Å². The largest absolute Gasteiger partial charge is 0.493 e. The molecular formula is C22H25N3O6. The summed E-state index contributed by atoms with van der Waals surface area (Å²) in [7, 11) is 2.98. The summed E-state index contributed by atoms with van der Waals surface area (Å²) in [5.74, 6) is 0.279. The number of rotatable bonds is 6. The lowest BCUT2D eigenvalue weighted by atomic mass is 9.82. The molecule has 9 nitrogen and oxygen atoms in total. The molecule has 9 heteroatoms. The molecule has 2 aliphatic rings. The molecular weight excluding hydrogens is 402 g/mol. The molecule has 164 valence electrons. The van der Waals surface area contributed by atoms with Crippen LogP contribution < -0.4 is 26.0 Å².